The predicted octanol–water partition coefficient (Wildman–Crippen LogP) is 3.45. The molecule has 0 N–H and O–H groups in total. The van der Waals surface area contributed by atoms with E-state index in [2.05, 4.69) is 15.0 Å². The van der Waals surface area contributed by atoms with E-state index in [0.29, 0.717) is 42.3 Å². The molecule has 184 valence electrons. The van der Waals surface area contributed by atoms with Crippen molar-refractivity contribution in [1.29, 1.82) is 0 Å². The van der Waals surface area contributed by atoms with Gasteiger partial charge in [0.2, 0.25) is 5.91 Å². The lowest BCUT2D eigenvalue weighted by Crippen LogP contribution is -2.42. The van der Waals surface area contributed by atoms with Crippen LogP contribution in [0.1, 0.15) is 43.5 Å². The number of benzene rings is 1. The van der Waals surface area contributed by atoms with E-state index in [1.54, 1.807) is 24.1 Å². The first-order chi connectivity index (χ1) is 16.6. The van der Waals surface area contributed by atoms with Crippen LogP contribution in [0.3, 0.4) is 0 Å². The molecule has 2 aromatic rings. The van der Waals surface area contributed by atoms with Gasteiger partial charge in [-0.05, 0) is 61.5 Å². The Morgan fingerprint density at radius 1 is 1.24 bits per heavy atom. The van der Waals surface area contributed by atoms with Gasteiger partial charge >= 0.3 is 6.01 Å². The molecule has 0 bridgehead atoms. The molecule has 3 fully saturated rings. The van der Waals surface area contributed by atoms with E-state index in [9.17, 15) is 9.18 Å². The van der Waals surface area contributed by atoms with E-state index < -0.39 is 0 Å². The predicted molar refractivity (Wildman–Crippen MR) is 123 cm³/mol. The fourth-order valence-corrected chi connectivity index (χ4v) is 5.19. The first-order valence-electron chi connectivity index (χ1n) is 12.4. The van der Waals surface area contributed by atoms with E-state index in [4.69, 9.17) is 14.0 Å². The molecule has 1 saturated carbocycles. The third-order valence-electron chi connectivity index (χ3n) is 7.46. The fourth-order valence-electron chi connectivity index (χ4n) is 5.19. The van der Waals surface area contributed by atoms with Gasteiger partial charge in [-0.1, -0.05) is 11.2 Å². The molecule has 5 rings (SSSR count). The summed E-state index contributed by atoms with van der Waals surface area (Å²) in [5.41, 5.74) is 0.438. The number of nitrogens with zero attached hydrogens (tertiary/aromatic N) is 4. The standard InChI is InChI=1S/C25H33FN4O4/c1-32-16-23-27-25(34-28-23)30-10-5-17(6-11-30)21-13-18(21)7-12-33-20-4-3-19(22(26)15-20)14-24(31)29-8-2-9-29/h3-4,15,17-18,21H,2,5-14,16H2,1H3/t18-,21?/m1/s1. The van der Waals surface area contributed by atoms with Crippen LogP contribution in [0.4, 0.5) is 10.4 Å². The Hall–Kier alpha value is -2.68. The number of likely N-dealkylation sites (tertiary alicyclic amines) is 1. The molecule has 3 heterocycles. The maximum absolute atomic E-state index is 14.4. The second-order valence-electron chi connectivity index (χ2n) is 9.71. The van der Waals surface area contributed by atoms with Crippen molar-refractivity contribution < 1.29 is 23.2 Å². The molecule has 1 aromatic heterocycles. The van der Waals surface area contributed by atoms with Crippen LogP contribution < -0.4 is 9.64 Å². The number of hydrogen-bond acceptors (Lipinski definition) is 7. The van der Waals surface area contributed by atoms with Crippen LogP contribution in [0, 0.1) is 23.6 Å². The third kappa shape index (κ3) is 5.35. The quantitative estimate of drug-likeness (QED) is 0.524. The summed E-state index contributed by atoms with van der Waals surface area (Å²) in [4.78, 5) is 20.4. The summed E-state index contributed by atoms with van der Waals surface area (Å²) in [6.45, 7) is 4.40. The summed E-state index contributed by atoms with van der Waals surface area (Å²) in [6.07, 6.45) is 5.66. The minimum absolute atomic E-state index is 0.00244. The molecule has 2 saturated heterocycles. The molecule has 0 spiro atoms. The van der Waals surface area contributed by atoms with Crippen LogP contribution in [-0.4, -0.2) is 60.8 Å². The Bertz CT molecular complexity index is 987. The highest BCUT2D eigenvalue weighted by molar-refractivity contribution is 5.79. The van der Waals surface area contributed by atoms with Gasteiger partial charge in [0.1, 0.15) is 18.2 Å². The number of ether oxygens (including phenoxy) is 2. The van der Waals surface area contributed by atoms with Crippen molar-refractivity contribution in [2.45, 2.75) is 45.1 Å². The van der Waals surface area contributed by atoms with Gasteiger partial charge in [-0.25, -0.2) is 4.39 Å². The normalized spacial score (nSPS) is 22.5. The number of piperidine rings is 1. The third-order valence-corrected chi connectivity index (χ3v) is 7.46. The fraction of sp³-hybridized carbons (Fsp3) is 0.640. The van der Waals surface area contributed by atoms with Crippen LogP contribution in [0.2, 0.25) is 0 Å². The van der Waals surface area contributed by atoms with Crippen molar-refractivity contribution in [3.8, 4) is 5.75 Å². The molecule has 1 amide bonds. The first kappa shape index (κ1) is 23.1. The molecular formula is C25H33FN4O4. The Labute approximate surface area is 199 Å². The number of rotatable bonds is 10. The van der Waals surface area contributed by atoms with Crippen LogP contribution in [0.15, 0.2) is 22.7 Å². The molecule has 0 radical (unpaired) electrons. The van der Waals surface area contributed by atoms with Gasteiger partial charge in [0.25, 0.3) is 0 Å². The largest absolute Gasteiger partial charge is 0.493 e. The number of methoxy groups -OCH3 is 1. The van der Waals surface area contributed by atoms with Gasteiger partial charge in [-0.15, -0.1) is 0 Å². The second-order valence-corrected chi connectivity index (χ2v) is 9.71. The lowest BCUT2D eigenvalue weighted by Gasteiger charge is -2.31. The summed E-state index contributed by atoms with van der Waals surface area (Å²) in [5.74, 6) is 2.92. The van der Waals surface area contributed by atoms with Crippen molar-refractivity contribution in [2.24, 2.45) is 17.8 Å². The number of anilines is 1. The lowest BCUT2D eigenvalue weighted by molar-refractivity contribution is -0.133. The van der Waals surface area contributed by atoms with Crippen LogP contribution in [0.5, 0.6) is 5.75 Å². The number of hydrogen-bond donors (Lipinski definition) is 0. The topological polar surface area (TPSA) is 80.9 Å². The highest BCUT2D eigenvalue weighted by atomic mass is 19.1. The monoisotopic (exact) mass is 472 g/mol. The summed E-state index contributed by atoms with van der Waals surface area (Å²) >= 11 is 0. The first-order valence-corrected chi connectivity index (χ1v) is 12.4. The van der Waals surface area contributed by atoms with E-state index in [1.807, 2.05) is 0 Å². The number of aromatic nitrogens is 2. The smallest absolute Gasteiger partial charge is 0.324 e. The van der Waals surface area contributed by atoms with Crippen LogP contribution >= 0.6 is 0 Å². The van der Waals surface area contributed by atoms with Crippen LogP contribution in [-0.2, 0) is 22.6 Å². The van der Waals surface area contributed by atoms with Crippen molar-refractivity contribution >= 4 is 11.9 Å². The zero-order chi connectivity index (χ0) is 23.5. The van der Waals surface area contributed by atoms with Gasteiger partial charge in [0.05, 0.1) is 13.0 Å². The molecule has 9 heteroatoms. The van der Waals surface area contributed by atoms with Crippen molar-refractivity contribution in [3.63, 3.8) is 0 Å². The Kier molecular flexibility index (Phi) is 6.99. The van der Waals surface area contributed by atoms with E-state index in [1.165, 1.54) is 12.5 Å². The second kappa shape index (κ2) is 10.3. The Morgan fingerprint density at radius 2 is 2.06 bits per heavy atom. The molecule has 2 atom stereocenters. The molecule has 1 aromatic carbocycles. The molecule has 1 aliphatic carbocycles. The Balaban J connectivity index is 1.01. The maximum atomic E-state index is 14.4. The number of halogens is 1. The minimum Gasteiger partial charge on any atom is -0.493 e. The summed E-state index contributed by atoms with van der Waals surface area (Å²) in [7, 11) is 1.62. The van der Waals surface area contributed by atoms with Crippen molar-refractivity contribution in [3.05, 3.63) is 35.4 Å². The summed E-state index contributed by atoms with van der Waals surface area (Å²) < 4.78 is 30.7. The molecule has 8 nitrogen and oxygen atoms in total. The minimum atomic E-state index is -0.363. The molecular weight excluding hydrogens is 439 g/mol. The highest BCUT2D eigenvalue weighted by Crippen LogP contribution is 2.50. The summed E-state index contributed by atoms with van der Waals surface area (Å²) in [5, 5.41) is 3.95. The molecule has 2 aliphatic heterocycles. The average molecular weight is 473 g/mol. The van der Waals surface area contributed by atoms with E-state index >= 15 is 0 Å². The van der Waals surface area contributed by atoms with Crippen molar-refractivity contribution in [1.82, 2.24) is 15.0 Å². The molecule has 34 heavy (non-hydrogen) atoms. The average Bonchev–Trinajstić information content (AvgIpc) is 3.41. The zero-order valence-electron chi connectivity index (χ0n) is 19.7. The van der Waals surface area contributed by atoms with Gasteiger partial charge in [0, 0.05) is 39.4 Å². The van der Waals surface area contributed by atoms with Gasteiger partial charge in [-0.2, -0.15) is 4.98 Å². The number of amides is 1. The lowest BCUT2D eigenvalue weighted by atomic mass is 9.90. The number of carbonyl (C=O) groups excluding carboxylic acids is 1. The van der Waals surface area contributed by atoms with Crippen molar-refractivity contribution in [2.75, 3.05) is 44.8 Å². The van der Waals surface area contributed by atoms with Gasteiger partial charge in [0.15, 0.2) is 5.82 Å². The van der Waals surface area contributed by atoms with Gasteiger partial charge < -0.3 is 23.8 Å². The SMILES string of the molecule is COCc1noc(N2CCC(C3C[C@H]3CCOc3ccc(CC(=O)N4CCC4)c(F)c3)CC2)n1. The molecule has 3 aliphatic rings. The summed E-state index contributed by atoms with van der Waals surface area (Å²) in [6, 6.07) is 5.46. The maximum Gasteiger partial charge on any atom is 0.324 e. The van der Waals surface area contributed by atoms with Gasteiger partial charge in [-0.3, -0.25) is 4.79 Å². The molecule has 1 unspecified atom stereocenters. The van der Waals surface area contributed by atoms with E-state index in [0.717, 1.165) is 63.7 Å². The van der Waals surface area contributed by atoms with E-state index in [-0.39, 0.29) is 18.1 Å². The van der Waals surface area contributed by atoms with Crippen LogP contribution in [0.25, 0.3) is 0 Å². The Morgan fingerprint density at radius 3 is 2.76 bits per heavy atom. The number of carbonyl (C=O) groups is 1. The highest BCUT2D eigenvalue weighted by Gasteiger charge is 2.43. The zero-order valence-corrected chi connectivity index (χ0v) is 19.7.